The molecule has 2 aromatic rings. The Kier molecular flexibility index (Phi) is 5.83. The zero-order valence-corrected chi connectivity index (χ0v) is 14.4. The third kappa shape index (κ3) is 4.79. The minimum atomic E-state index is -0.142. The number of likely N-dealkylation sites (tertiary alicyclic amines) is 1. The molecule has 0 radical (unpaired) electrons. The van der Waals surface area contributed by atoms with Gasteiger partial charge in [0.1, 0.15) is 5.15 Å². The Hall–Kier alpha value is -1.91. The number of aromatic nitrogens is 1. The van der Waals surface area contributed by atoms with Gasteiger partial charge in [-0.2, -0.15) is 0 Å². The van der Waals surface area contributed by atoms with E-state index in [2.05, 4.69) is 39.5 Å². The number of hydrogen-bond donors (Lipinski definition) is 1. The second kappa shape index (κ2) is 8.27. The first-order chi connectivity index (χ1) is 11.7. The van der Waals surface area contributed by atoms with Crippen LogP contribution in [0.15, 0.2) is 42.6 Å². The predicted molar refractivity (Wildman–Crippen MR) is 96.0 cm³/mol. The van der Waals surface area contributed by atoms with Crippen molar-refractivity contribution in [1.82, 2.24) is 15.2 Å². The van der Waals surface area contributed by atoms with Gasteiger partial charge in [0.05, 0.1) is 0 Å². The summed E-state index contributed by atoms with van der Waals surface area (Å²) in [5.74, 6) is -0.142. The summed E-state index contributed by atoms with van der Waals surface area (Å²) in [5, 5.41) is 3.23. The van der Waals surface area contributed by atoms with Crippen LogP contribution in [0.25, 0.3) is 0 Å². The molecule has 5 heteroatoms. The number of carbonyl (C=O) groups excluding carboxylic acids is 1. The van der Waals surface area contributed by atoms with Gasteiger partial charge in [-0.3, -0.25) is 9.69 Å². The molecule has 0 spiro atoms. The molecule has 3 rings (SSSR count). The molecule has 1 amide bonds. The first-order valence-electron chi connectivity index (χ1n) is 8.40. The fourth-order valence-corrected chi connectivity index (χ4v) is 3.14. The molecule has 0 atom stereocenters. The Morgan fingerprint density at radius 1 is 1.08 bits per heavy atom. The first-order valence-corrected chi connectivity index (χ1v) is 8.78. The van der Waals surface area contributed by atoms with Gasteiger partial charge in [-0.05, 0) is 49.2 Å². The van der Waals surface area contributed by atoms with E-state index in [9.17, 15) is 4.79 Å². The third-order valence-electron chi connectivity index (χ3n) is 4.32. The molecule has 4 nitrogen and oxygen atoms in total. The summed E-state index contributed by atoms with van der Waals surface area (Å²) in [6.45, 7) is 3.92. The fraction of sp³-hybridized carbons (Fsp3) is 0.368. The van der Waals surface area contributed by atoms with Gasteiger partial charge in [0, 0.05) is 24.8 Å². The average molecular weight is 344 g/mol. The van der Waals surface area contributed by atoms with Crippen LogP contribution in [0, 0.1) is 0 Å². The Balaban J connectivity index is 1.51. The van der Waals surface area contributed by atoms with Crippen LogP contribution < -0.4 is 5.32 Å². The van der Waals surface area contributed by atoms with Crippen molar-refractivity contribution in [3.8, 4) is 0 Å². The van der Waals surface area contributed by atoms with Gasteiger partial charge in [-0.25, -0.2) is 4.98 Å². The zero-order chi connectivity index (χ0) is 16.8. The van der Waals surface area contributed by atoms with Crippen molar-refractivity contribution in [2.45, 2.75) is 32.4 Å². The van der Waals surface area contributed by atoms with E-state index in [4.69, 9.17) is 11.6 Å². The Bertz CT molecular complexity index is 681. The molecule has 1 aromatic carbocycles. The number of piperidine rings is 1. The van der Waals surface area contributed by atoms with Crippen molar-refractivity contribution < 1.29 is 4.79 Å². The summed E-state index contributed by atoms with van der Waals surface area (Å²) in [7, 11) is 0. The number of amides is 1. The van der Waals surface area contributed by atoms with Gasteiger partial charge in [0.15, 0.2) is 0 Å². The number of nitrogens with zero attached hydrogens (tertiary/aromatic N) is 2. The second-order valence-electron chi connectivity index (χ2n) is 6.20. The summed E-state index contributed by atoms with van der Waals surface area (Å²) in [6, 6.07) is 11.7. The quantitative estimate of drug-likeness (QED) is 0.843. The van der Waals surface area contributed by atoms with Gasteiger partial charge in [0.2, 0.25) is 0 Å². The molecule has 2 heterocycles. The molecule has 1 aliphatic rings. The standard InChI is InChI=1S/C19H22ClN3O/c20-18-12-17(8-9-21-18)19(24)22-13-15-4-6-16(7-5-15)14-23-10-2-1-3-11-23/h4-9,12H,1-3,10-11,13-14H2,(H,22,24). The van der Waals surface area contributed by atoms with Crippen LogP contribution in [-0.4, -0.2) is 28.9 Å². The Morgan fingerprint density at radius 3 is 2.50 bits per heavy atom. The van der Waals surface area contributed by atoms with Crippen molar-refractivity contribution in [1.29, 1.82) is 0 Å². The van der Waals surface area contributed by atoms with Gasteiger partial charge in [-0.1, -0.05) is 42.3 Å². The molecule has 1 saturated heterocycles. The molecule has 0 unspecified atom stereocenters. The minimum Gasteiger partial charge on any atom is -0.348 e. The number of benzene rings is 1. The monoisotopic (exact) mass is 343 g/mol. The summed E-state index contributed by atoms with van der Waals surface area (Å²) in [4.78, 5) is 18.5. The number of nitrogens with one attached hydrogen (secondary N) is 1. The van der Waals surface area contributed by atoms with Crippen molar-refractivity contribution in [3.05, 3.63) is 64.4 Å². The van der Waals surface area contributed by atoms with Gasteiger partial charge >= 0.3 is 0 Å². The lowest BCUT2D eigenvalue weighted by atomic mass is 10.1. The number of carbonyl (C=O) groups is 1. The molecular formula is C19H22ClN3O. The fourth-order valence-electron chi connectivity index (χ4n) is 2.97. The number of halogens is 1. The van der Waals surface area contributed by atoms with Crippen LogP contribution in [0.2, 0.25) is 5.15 Å². The van der Waals surface area contributed by atoms with Gasteiger partial charge in [-0.15, -0.1) is 0 Å². The van der Waals surface area contributed by atoms with E-state index >= 15 is 0 Å². The normalized spacial score (nSPS) is 15.2. The van der Waals surface area contributed by atoms with E-state index in [1.165, 1.54) is 44.1 Å². The molecule has 0 bridgehead atoms. The number of rotatable bonds is 5. The van der Waals surface area contributed by atoms with Crippen molar-refractivity contribution in [2.24, 2.45) is 0 Å². The maximum atomic E-state index is 12.1. The summed E-state index contributed by atoms with van der Waals surface area (Å²) >= 11 is 5.81. The minimum absolute atomic E-state index is 0.142. The van der Waals surface area contributed by atoms with E-state index in [1.54, 1.807) is 12.1 Å². The molecule has 1 fully saturated rings. The zero-order valence-electron chi connectivity index (χ0n) is 13.7. The van der Waals surface area contributed by atoms with Crippen LogP contribution in [0.4, 0.5) is 0 Å². The van der Waals surface area contributed by atoms with Crippen molar-refractivity contribution >= 4 is 17.5 Å². The first kappa shape index (κ1) is 16.9. The summed E-state index contributed by atoms with van der Waals surface area (Å²) < 4.78 is 0. The second-order valence-corrected chi connectivity index (χ2v) is 6.59. The van der Waals surface area contributed by atoms with Crippen molar-refractivity contribution in [2.75, 3.05) is 13.1 Å². The van der Waals surface area contributed by atoms with E-state index in [1.807, 2.05) is 0 Å². The van der Waals surface area contributed by atoms with Gasteiger partial charge < -0.3 is 5.32 Å². The Labute approximate surface area is 147 Å². The lowest BCUT2D eigenvalue weighted by molar-refractivity contribution is 0.0951. The van der Waals surface area contributed by atoms with Crippen LogP contribution >= 0.6 is 11.6 Å². The largest absolute Gasteiger partial charge is 0.348 e. The van der Waals surface area contributed by atoms with E-state index in [0.29, 0.717) is 17.3 Å². The molecule has 1 aromatic heterocycles. The molecular weight excluding hydrogens is 322 g/mol. The number of hydrogen-bond acceptors (Lipinski definition) is 3. The maximum Gasteiger partial charge on any atom is 0.251 e. The van der Waals surface area contributed by atoms with Crippen LogP contribution in [-0.2, 0) is 13.1 Å². The highest BCUT2D eigenvalue weighted by molar-refractivity contribution is 6.29. The molecule has 126 valence electrons. The average Bonchev–Trinajstić information content (AvgIpc) is 2.62. The van der Waals surface area contributed by atoms with Gasteiger partial charge in [0.25, 0.3) is 5.91 Å². The smallest absolute Gasteiger partial charge is 0.251 e. The van der Waals surface area contributed by atoms with Crippen LogP contribution in [0.1, 0.15) is 40.7 Å². The SMILES string of the molecule is O=C(NCc1ccc(CN2CCCCC2)cc1)c1ccnc(Cl)c1. The highest BCUT2D eigenvalue weighted by Crippen LogP contribution is 2.14. The van der Waals surface area contributed by atoms with E-state index in [0.717, 1.165) is 12.1 Å². The highest BCUT2D eigenvalue weighted by Gasteiger charge is 2.10. The Morgan fingerprint density at radius 2 is 1.79 bits per heavy atom. The van der Waals surface area contributed by atoms with E-state index < -0.39 is 0 Å². The summed E-state index contributed by atoms with van der Waals surface area (Å²) in [6.07, 6.45) is 5.51. The van der Waals surface area contributed by atoms with E-state index in [-0.39, 0.29) is 5.91 Å². The highest BCUT2D eigenvalue weighted by atomic mass is 35.5. The van der Waals surface area contributed by atoms with Crippen LogP contribution in [0.5, 0.6) is 0 Å². The van der Waals surface area contributed by atoms with Crippen LogP contribution in [0.3, 0.4) is 0 Å². The maximum absolute atomic E-state index is 12.1. The molecule has 1 aliphatic heterocycles. The molecule has 0 saturated carbocycles. The lowest BCUT2D eigenvalue weighted by Gasteiger charge is -2.26. The third-order valence-corrected chi connectivity index (χ3v) is 4.53. The summed E-state index contributed by atoms with van der Waals surface area (Å²) in [5.41, 5.74) is 2.94. The number of pyridine rings is 1. The van der Waals surface area contributed by atoms with Crippen molar-refractivity contribution in [3.63, 3.8) is 0 Å². The molecule has 1 N–H and O–H groups in total. The molecule has 24 heavy (non-hydrogen) atoms. The predicted octanol–water partition coefficient (Wildman–Crippen LogP) is 3.65. The topological polar surface area (TPSA) is 45.2 Å². The lowest BCUT2D eigenvalue weighted by Crippen LogP contribution is -2.29. The molecule has 0 aliphatic carbocycles.